The summed E-state index contributed by atoms with van der Waals surface area (Å²) >= 11 is 0. The summed E-state index contributed by atoms with van der Waals surface area (Å²) in [6.45, 7) is 1.97. The average molecular weight is 407 g/mol. The van der Waals surface area contributed by atoms with Crippen molar-refractivity contribution in [3.8, 4) is 0 Å². The van der Waals surface area contributed by atoms with Crippen molar-refractivity contribution in [1.82, 2.24) is 5.32 Å². The number of rotatable bonds is 5. The number of benzene rings is 2. The van der Waals surface area contributed by atoms with Gasteiger partial charge < -0.3 is 16.0 Å². The zero-order valence-electron chi connectivity index (χ0n) is 17.3. The Balaban J connectivity index is 1.60. The summed E-state index contributed by atoms with van der Waals surface area (Å²) in [6.07, 6.45) is 5.31. The fraction of sp³-hybridized carbons (Fsp3) is 0.417. The number of piperidine rings is 2. The lowest BCUT2D eigenvalue weighted by atomic mass is 9.80. The number of nitrogens with two attached hydrogens (primary N) is 1. The predicted octanol–water partition coefficient (Wildman–Crippen LogP) is 3.27. The number of amides is 2. The van der Waals surface area contributed by atoms with Crippen LogP contribution in [0.3, 0.4) is 0 Å². The molecule has 1 atom stereocenters. The van der Waals surface area contributed by atoms with E-state index < -0.39 is 5.54 Å². The van der Waals surface area contributed by atoms with E-state index in [1.807, 2.05) is 53.4 Å². The van der Waals surface area contributed by atoms with Gasteiger partial charge in [0.1, 0.15) is 5.54 Å². The molecule has 30 heavy (non-hydrogen) atoms. The quantitative estimate of drug-likeness (QED) is 0.711. The van der Waals surface area contributed by atoms with Gasteiger partial charge in [0, 0.05) is 30.9 Å². The first-order chi connectivity index (χ1) is 14.6. The van der Waals surface area contributed by atoms with Crippen molar-refractivity contribution < 1.29 is 9.59 Å². The molecule has 158 valence electrons. The number of hydrogen-bond acceptors (Lipinski definition) is 4. The molecule has 2 aliphatic rings. The smallest absolute Gasteiger partial charge is 0.249 e. The standard InChI is InChI=1S/C24H30N4O2/c25-17-18-7-5-8-19(15-18)24(12-2-3-13-26-24)23(30)27-20-9-6-10-21(16-20)28-14-4-1-11-22(28)29/h5-10,15-16,26H,1-4,11-14,17,25H2,(H,27,30). The summed E-state index contributed by atoms with van der Waals surface area (Å²) in [5, 5.41) is 6.60. The summed E-state index contributed by atoms with van der Waals surface area (Å²) in [5.41, 5.74) is 8.57. The van der Waals surface area contributed by atoms with Crippen LogP contribution in [0.5, 0.6) is 0 Å². The summed E-state index contributed by atoms with van der Waals surface area (Å²) in [6, 6.07) is 15.6. The highest BCUT2D eigenvalue weighted by Gasteiger charge is 2.41. The molecule has 0 aliphatic carbocycles. The molecule has 0 spiro atoms. The monoisotopic (exact) mass is 406 g/mol. The van der Waals surface area contributed by atoms with Gasteiger partial charge in [-0.25, -0.2) is 0 Å². The van der Waals surface area contributed by atoms with Gasteiger partial charge in [0.2, 0.25) is 11.8 Å². The molecule has 2 aliphatic heterocycles. The second-order valence-electron chi connectivity index (χ2n) is 8.20. The number of carbonyl (C=O) groups is 2. The lowest BCUT2D eigenvalue weighted by molar-refractivity contribution is -0.123. The van der Waals surface area contributed by atoms with E-state index in [9.17, 15) is 9.59 Å². The van der Waals surface area contributed by atoms with E-state index in [4.69, 9.17) is 5.73 Å². The van der Waals surface area contributed by atoms with Crippen LogP contribution in [-0.2, 0) is 21.7 Å². The highest BCUT2D eigenvalue weighted by molar-refractivity contribution is 6.00. The normalized spacial score (nSPS) is 22.0. The van der Waals surface area contributed by atoms with Crippen LogP contribution in [0.1, 0.15) is 49.7 Å². The van der Waals surface area contributed by atoms with Crippen LogP contribution >= 0.6 is 0 Å². The molecule has 2 saturated heterocycles. The molecular formula is C24H30N4O2. The molecule has 4 rings (SSSR count). The minimum Gasteiger partial charge on any atom is -0.326 e. The summed E-state index contributed by atoms with van der Waals surface area (Å²) < 4.78 is 0. The van der Waals surface area contributed by atoms with Crippen molar-refractivity contribution in [3.63, 3.8) is 0 Å². The van der Waals surface area contributed by atoms with Gasteiger partial charge in [-0.2, -0.15) is 0 Å². The number of anilines is 2. The lowest BCUT2D eigenvalue weighted by Gasteiger charge is -2.37. The van der Waals surface area contributed by atoms with Crippen molar-refractivity contribution >= 4 is 23.2 Å². The first-order valence-electron chi connectivity index (χ1n) is 10.9. The Labute approximate surface area is 177 Å². The molecular weight excluding hydrogens is 376 g/mol. The van der Waals surface area contributed by atoms with Crippen molar-refractivity contribution in [2.24, 2.45) is 5.73 Å². The van der Waals surface area contributed by atoms with Gasteiger partial charge in [-0.15, -0.1) is 0 Å². The van der Waals surface area contributed by atoms with Crippen molar-refractivity contribution in [3.05, 3.63) is 59.7 Å². The number of hydrogen-bond donors (Lipinski definition) is 3. The highest BCUT2D eigenvalue weighted by Crippen LogP contribution is 2.33. The van der Waals surface area contributed by atoms with Crippen LogP contribution < -0.4 is 21.3 Å². The molecule has 0 radical (unpaired) electrons. The largest absolute Gasteiger partial charge is 0.326 e. The van der Waals surface area contributed by atoms with Crippen LogP contribution in [0.15, 0.2) is 48.5 Å². The Morgan fingerprint density at radius 2 is 1.97 bits per heavy atom. The molecule has 6 heteroatoms. The summed E-state index contributed by atoms with van der Waals surface area (Å²) in [7, 11) is 0. The first kappa shape index (κ1) is 20.6. The maximum absolute atomic E-state index is 13.6. The molecule has 2 heterocycles. The van der Waals surface area contributed by atoms with E-state index in [1.54, 1.807) is 0 Å². The fourth-order valence-corrected chi connectivity index (χ4v) is 4.51. The van der Waals surface area contributed by atoms with Crippen LogP contribution in [0.4, 0.5) is 11.4 Å². The Hall–Kier alpha value is -2.70. The van der Waals surface area contributed by atoms with Crippen LogP contribution in [0.25, 0.3) is 0 Å². The Morgan fingerprint density at radius 3 is 2.73 bits per heavy atom. The minimum absolute atomic E-state index is 0.0708. The van der Waals surface area contributed by atoms with Crippen LogP contribution in [0.2, 0.25) is 0 Å². The zero-order chi connectivity index (χ0) is 21.0. The Morgan fingerprint density at radius 1 is 1.10 bits per heavy atom. The first-order valence-corrected chi connectivity index (χ1v) is 10.9. The van der Waals surface area contributed by atoms with Crippen molar-refractivity contribution in [2.45, 2.75) is 50.6 Å². The van der Waals surface area contributed by atoms with Gasteiger partial charge in [-0.3, -0.25) is 14.9 Å². The molecule has 1 unspecified atom stereocenters. The summed E-state index contributed by atoms with van der Waals surface area (Å²) in [4.78, 5) is 27.7. The van der Waals surface area contributed by atoms with Gasteiger partial charge in [-0.05, 0) is 68.0 Å². The van der Waals surface area contributed by atoms with Gasteiger partial charge in [-0.1, -0.05) is 30.3 Å². The summed E-state index contributed by atoms with van der Waals surface area (Å²) in [5.74, 6) is 0.0761. The lowest BCUT2D eigenvalue weighted by Crippen LogP contribution is -2.54. The second kappa shape index (κ2) is 8.98. The fourth-order valence-electron chi connectivity index (χ4n) is 4.51. The average Bonchev–Trinajstić information content (AvgIpc) is 2.80. The van der Waals surface area contributed by atoms with E-state index in [0.717, 1.165) is 62.0 Å². The van der Waals surface area contributed by atoms with Gasteiger partial charge >= 0.3 is 0 Å². The van der Waals surface area contributed by atoms with Crippen molar-refractivity contribution in [2.75, 3.05) is 23.3 Å². The maximum atomic E-state index is 13.6. The zero-order valence-corrected chi connectivity index (χ0v) is 17.3. The van der Waals surface area contributed by atoms with E-state index >= 15 is 0 Å². The molecule has 6 nitrogen and oxygen atoms in total. The molecule has 0 bridgehead atoms. The van der Waals surface area contributed by atoms with Gasteiger partial charge in [0.25, 0.3) is 0 Å². The maximum Gasteiger partial charge on any atom is 0.249 e. The van der Waals surface area contributed by atoms with E-state index in [1.165, 1.54) is 0 Å². The Kier molecular flexibility index (Phi) is 6.16. The molecule has 2 fully saturated rings. The van der Waals surface area contributed by atoms with E-state index in [-0.39, 0.29) is 11.8 Å². The second-order valence-corrected chi connectivity index (χ2v) is 8.20. The van der Waals surface area contributed by atoms with Gasteiger partial charge in [0.05, 0.1) is 0 Å². The van der Waals surface area contributed by atoms with Crippen LogP contribution in [0, 0.1) is 0 Å². The third-order valence-corrected chi connectivity index (χ3v) is 6.19. The number of nitrogens with one attached hydrogen (secondary N) is 2. The third kappa shape index (κ3) is 4.11. The molecule has 2 amide bonds. The minimum atomic E-state index is -0.777. The third-order valence-electron chi connectivity index (χ3n) is 6.19. The molecule has 4 N–H and O–H groups in total. The number of nitrogens with zero attached hydrogens (tertiary/aromatic N) is 1. The molecule has 2 aromatic carbocycles. The van der Waals surface area contributed by atoms with E-state index in [0.29, 0.717) is 18.7 Å². The van der Waals surface area contributed by atoms with E-state index in [2.05, 4.69) is 10.6 Å². The number of carbonyl (C=O) groups excluding carboxylic acids is 2. The van der Waals surface area contributed by atoms with Crippen LogP contribution in [-0.4, -0.2) is 24.9 Å². The SMILES string of the molecule is NCc1cccc(C2(C(=O)Nc3cccc(N4CCCCC4=O)c3)CCCCN2)c1. The Bertz CT molecular complexity index is 921. The molecule has 0 saturated carbocycles. The van der Waals surface area contributed by atoms with Gasteiger partial charge in [0.15, 0.2) is 0 Å². The van der Waals surface area contributed by atoms with Crippen molar-refractivity contribution in [1.29, 1.82) is 0 Å². The molecule has 2 aromatic rings. The topological polar surface area (TPSA) is 87.5 Å². The molecule has 0 aromatic heterocycles. The highest BCUT2D eigenvalue weighted by atomic mass is 16.2. The predicted molar refractivity (Wildman–Crippen MR) is 119 cm³/mol.